The van der Waals surface area contributed by atoms with Gasteiger partial charge in [0.15, 0.2) is 23.0 Å². The number of benzene rings is 6. The van der Waals surface area contributed by atoms with Gasteiger partial charge in [0, 0.05) is 24.6 Å². The van der Waals surface area contributed by atoms with Gasteiger partial charge < -0.3 is 23.7 Å². The van der Waals surface area contributed by atoms with E-state index in [1.165, 1.54) is 26.4 Å². The fourth-order valence-electron chi connectivity index (χ4n) is 5.27. The minimum atomic E-state index is -0.768. The summed E-state index contributed by atoms with van der Waals surface area (Å²) in [7, 11) is 2.80. The molecule has 0 heterocycles. The van der Waals surface area contributed by atoms with E-state index >= 15 is 0 Å². The molecule has 6 aromatic carbocycles. The Labute approximate surface area is 332 Å². The second kappa shape index (κ2) is 17.8. The second-order valence-corrected chi connectivity index (χ2v) is 12.0. The summed E-state index contributed by atoms with van der Waals surface area (Å²) in [5.41, 5.74) is 0.477. The second-order valence-electron chi connectivity index (χ2n) is 12.0. The molecule has 59 heavy (non-hydrogen) atoms. The Morgan fingerprint density at radius 3 is 1.14 bits per heavy atom. The lowest BCUT2D eigenvalue weighted by atomic mass is 10.2. The molecule has 0 radical (unpaired) electrons. The van der Waals surface area contributed by atoms with E-state index < -0.39 is 42.4 Å². The number of aliphatic imine (C=N–C) groups is 2. The first-order valence-corrected chi connectivity index (χ1v) is 16.9. The van der Waals surface area contributed by atoms with Gasteiger partial charge >= 0.3 is 11.4 Å². The summed E-state index contributed by atoms with van der Waals surface area (Å²) in [5, 5.41) is 45.1. The van der Waals surface area contributed by atoms with Crippen LogP contribution in [0.4, 0.5) is 34.1 Å². The zero-order chi connectivity index (χ0) is 42.1. The maximum Gasteiger partial charge on any atom is 0.318 e. The topological polar surface area (TPSA) is 243 Å². The number of nitrogens with zero attached hydrogens (tertiary/aromatic N) is 6. The van der Waals surface area contributed by atoms with E-state index in [1.54, 1.807) is 85.2 Å². The SMILES string of the molecule is COc1cc(C=Nc2ccc(Oc3ccc(N=Cc4ccc(Oc5ccc([N+](=O)[O-])cc5[N+](=O)[O-])c(OC)c4)cc3)cc2)ccc1Oc1ccc([N+](=O)[O-])cc1[N+](=O)[O-]. The largest absolute Gasteiger partial charge is 0.493 e. The fraction of sp³-hybridized carbons (Fsp3) is 0.0500. The molecule has 0 fully saturated rings. The van der Waals surface area contributed by atoms with Crippen molar-refractivity contribution in [3.8, 4) is 46.0 Å². The van der Waals surface area contributed by atoms with Crippen molar-refractivity contribution in [1.82, 2.24) is 0 Å². The molecule has 19 heteroatoms. The molecule has 0 atom stereocenters. The van der Waals surface area contributed by atoms with Crippen LogP contribution in [0, 0.1) is 40.5 Å². The molecule has 0 saturated carbocycles. The van der Waals surface area contributed by atoms with E-state index in [-0.39, 0.29) is 34.5 Å². The Kier molecular flexibility index (Phi) is 12.1. The Morgan fingerprint density at radius 2 is 0.797 bits per heavy atom. The Morgan fingerprint density at radius 1 is 0.424 bits per heavy atom. The van der Waals surface area contributed by atoms with Crippen LogP contribution in [0.5, 0.6) is 46.0 Å². The van der Waals surface area contributed by atoms with Gasteiger partial charge in [0.1, 0.15) is 11.5 Å². The quantitative estimate of drug-likeness (QED) is 0.0503. The minimum absolute atomic E-state index is 0.155. The van der Waals surface area contributed by atoms with Crippen LogP contribution in [0.25, 0.3) is 0 Å². The van der Waals surface area contributed by atoms with Crippen molar-refractivity contribution in [2.75, 3.05) is 14.2 Å². The molecular formula is C40H28N6O13. The molecule has 0 saturated heterocycles. The summed E-state index contributed by atoms with van der Waals surface area (Å²) in [6, 6.07) is 29.8. The van der Waals surface area contributed by atoms with Gasteiger partial charge in [-0.15, -0.1) is 0 Å². The van der Waals surface area contributed by atoms with Crippen LogP contribution in [0.2, 0.25) is 0 Å². The zero-order valence-electron chi connectivity index (χ0n) is 30.7. The van der Waals surface area contributed by atoms with Gasteiger partial charge in [-0.2, -0.15) is 0 Å². The first-order chi connectivity index (χ1) is 28.4. The van der Waals surface area contributed by atoms with Gasteiger partial charge in [-0.05, 0) is 108 Å². The van der Waals surface area contributed by atoms with Gasteiger partial charge in [0.2, 0.25) is 11.5 Å². The first kappa shape index (κ1) is 39.9. The third-order valence-corrected chi connectivity index (χ3v) is 8.15. The van der Waals surface area contributed by atoms with Gasteiger partial charge in [-0.3, -0.25) is 50.4 Å². The predicted octanol–water partition coefficient (Wildman–Crippen LogP) is 10.2. The third kappa shape index (κ3) is 9.93. The highest BCUT2D eigenvalue weighted by Crippen LogP contribution is 2.40. The van der Waals surface area contributed by atoms with Crippen molar-refractivity contribution in [1.29, 1.82) is 0 Å². The number of nitro benzene ring substituents is 4. The molecule has 296 valence electrons. The molecule has 19 nitrogen and oxygen atoms in total. The molecule has 0 aromatic heterocycles. The van der Waals surface area contributed by atoms with Gasteiger partial charge in [0.05, 0.1) is 57.4 Å². The van der Waals surface area contributed by atoms with E-state index in [0.29, 0.717) is 34.0 Å². The third-order valence-electron chi connectivity index (χ3n) is 8.15. The lowest BCUT2D eigenvalue weighted by Gasteiger charge is -2.11. The molecule has 0 aliphatic heterocycles. The number of hydrogen-bond acceptors (Lipinski definition) is 15. The summed E-state index contributed by atoms with van der Waals surface area (Å²) in [5.74, 6) is 1.54. The molecule has 6 rings (SSSR count). The highest BCUT2D eigenvalue weighted by atomic mass is 16.6. The average molecular weight is 801 g/mol. The molecule has 0 aliphatic rings. The van der Waals surface area contributed by atoms with Crippen LogP contribution < -0.4 is 23.7 Å². The molecule has 0 aliphatic carbocycles. The number of non-ortho nitro benzene ring substituents is 2. The standard InChI is InChI=1S/C40H28N6O13/c1-55-39-19-25(3-15-37(39)58-35-17-9-29(43(47)48)21-33(35)45(51)52)23-41-27-5-11-31(12-6-27)57-32-13-7-28(8-14-32)42-24-26-4-16-38(40(20-26)56-2)59-36-18-10-30(44(49)50)22-34(36)46(53)54/h3-24H,1-2H3. The molecule has 0 N–H and O–H groups in total. The average Bonchev–Trinajstić information content (AvgIpc) is 3.23. The number of methoxy groups -OCH3 is 2. The molecule has 0 spiro atoms. The summed E-state index contributed by atoms with van der Waals surface area (Å²) >= 11 is 0. The van der Waals surface area contributed by atoms with Crippen molar-refractivity contribution in [3.63, 3.8) is 0 Å². The minimum Gasteiger partial charge on any atom is -0.493 e. The van der Waals surface area contributed by atoms with Crippen molar-refractivity contribution in [3.05, 3.63) is 173 Å². The lowest BCUT2D eigenvalue weighted by Crippen LogP contribution is -1.97. The highest BCUT2D eigenvalue weighted by molar-refractivity contribution is 5.84. The fourth-order valence-corrected chi connectivity index (χ4v) is 5.27. The van der Waals surface area contributed by atoms with Crippen LogP contribution in [-0.2, 0) is 0 Å². The van der Waals surface area contributed by atoms with Crippen molar-refractivity contribution < 1.29 is 43.4 Å². The highest BCUT2D eigenvalue weighted by Gasteiger charge is 2.24. The maximum absolute atomic E-state index is 11.5. The van der Waals surface area contributed by atoms with Crippen molar-refractivity contribution in [2.45, 2.75) is 0 Å². The molecule has 0 amide bonds. The van der Waals surface area contributed by atoms with E-state index in [4.69, 9.17) is 23.7 Å². The van der Waals surface area contributed by atoms with Crippen LogP contribution in [0.3, 0.4) is 0 Å². The smallest absolute Gasteiger partial charge is 0.318 e. The molecule has 0 unspecified atom stereocenters. The predicted molar refractivity (Wildman–Crippen MR) is 213 cm³/mol. The molecular weight excluding hydrogens is 772 g/mol. The van der Waals surface area contributed by atoms with E-state index in [2.05, 4.69) is 9.98 Å². The van der Waals surface area contributed by atoms with E-state index in [1.807, 2.05) is 0 Å². The van der Waals surface area contributed by atoms with Crippen LogP contribution >= 0.6 is 0 Å². The Hall–Kier alpha value is -8.74. The Bertz CT molecular complexity index is 2450. The van der Waals surface area contributed by atoms with Crippen molar-refractivity contribution >= 4 is 46.6 Å². The Balaban J connectivity index is 1.06. The van der Waals surface area contributed by atoms with Gasteiger partial charge in [0.25, 0.3) is 11.4 Å². The van der Waals surface area contributed by atoms with E-state index in [0.717, 1.165) is 36.4 Å². The number of ether oxygens (including phenoxy) is 5. The van der Waals surface area contributed by atoms with Crippen LogP contribution in [0.15, 0.2) is 131 Å². The monoisotopic (exact) mass is 800 g/mol. The lowest BCUT2D eigenvalue weighted by molar-refractivity contribution is -0.394. The summed E-state index contributed by atoms with van der Waals surface area (Å²) in [6.45, 7) is 0. The normalized spacial score (nSPS) is 10.9. The first-order valence-electron chi connectivity index (χ1n) is 16.9. The maximum atomic E-state index is 11.5. The van der Waals surface area contributed by atoms with E-state index in [9.17, 15) is 40.5 Å². The number of hydrogen-bond donors (Lipinski definition) is 0. The summed E-state index contributed by atoms with van der Waals surface area (Å²) < 4.78 is 28.2. The number of rotatable bonds is 16. The molecule has 6 aromatic rings. The van der Waals surface area contributed by atoms with Crippen LogP contribution in [0.1, 0.15) is 11.1 Å². The zero-order valence-corrected chi connectivity index (χ0v) is 30.7. The van der Waals surface area contributed by atoms with Crippen molar-refractivity contribution in [2.24, 2.45) is 9.98 Å². The van der Waals surface area contributed by atoms with Gasteiger partial charge in [-0.1, -0.05) is 0 Å². The number of nitro groups is 4. The summed E-state index contributed by atoms with van der Waals surface area (Å²) in [6.07, 6.45) is 3.17. The van der Waals surface area contributed by atoms with Crippen LogP contribution in [-0.4, -0.2) is 46.3 Å². The summed E-state index contributed by atoms with van der Waals surface area (Å²) in [4.78, 5) is 51.1. The molecule has 0 bridgehead atoms. The van der Waals surface area contributed by atoms with Gasteiger partial charge in [-0.25, -0.2) is 0 Å².